The van der Waals surface area contributed by atoms with Crippen LogP contribution in [-0.4, -0.2) is 18.3 Å². The van der Waals surface area contributed by atoms with Gasteiger partial charge in [0.1, 0.15) is 0 Å². The molecular weight excluding hydrogens is 391 g/mol. The van der Waals surface area contributed by atoms with E-state index in [1.54, 1.807) is 6.92 Å². The van der Waals surface area contributed by atoms with Crippen LogP contribution in [0.4, 0.5) is 13.2 Å². The molecule has 0 aliphatic heterocycles. The number of nitrogens with zero attached hydrogens (tertiary/aromatic N) is 1. The zero-order valence-corrected chi connectivity index (χ0v) is 16.3. The molecule has 154 valence electrons. The molecule has 0 bridgehead atoms. The van der Waals surface area contributed by atoms with Crippen LogP contribution in [0.3, 0.4) is 0 Å². The molecule has 0 saturated carbocycles. The van der Waals surface area contributed by atoms with E-state index in [4.69, 9.17) is 4.74 Å². The standard InChI is InChI=1S/C24H20F3NO2/c1-2-30-23(29)22(19-13-15-20(16-14-19)24(25,26)27)28-21(17-9-5-3-6-10-17)18-11-7-4-8-12-18/h3-16,22H,2H2,1H3. The summed E-state index contributed by atoms with van der Waals surface area (Å²) in [6.45, 7) is 1.80. The van der Waals surface area contributed by atoms with Crippen LogP contribution in [0.1, 0.15) is 35.2 Å². The fourth-order valence-corrected chi connectivity index (χ4v) is 2.98. The second-order valence-electron chi connectivity index (χ2n) is 6.48. The molecule has 0 heterocycles. The molecule has 0 aliphatic rings. The molecule has 3 aromatic carbocycles. The predicted octanol–water partition coefficient (Wildman–Crippen LogP) is 5.85. The first-order chi connectivity index (χ1) is 14.4. The largest absolute Gasteiger partial charge is 0.464 e. The molecule has 6 heteroatoms. The number of halogens is 3. The second kappa shape index (κ2) is 9.39. The monoisotopic (exact) mass is 411 g/mol. The van der Waals surface area contributed by atoms with Gasteiger partial charge in [0.2, 0.25) is 0 Å². The Balaban J connectivity index is 2.11. The van der Waals surface area contributed by atoms with Gasteiger partial charge in [-0.1, -0.05) is 72.8 Å². The molecule has 3 rings (SSSR count). The van der Waals surface area contributed by atoms with E-state index in [1.807, 2.05) is 60.7 Å². The fraction of sp³-hybridized carbons (Fsp3) is 0.167. The number of esters is 1. The lowest BCUT2D eigenvalue weighted by Gasteiger charge is -2.16. The number of aliphatic imine (C=N–C) groups is 1. The van der Waals surface area contributed by atoms with Crippen LogP contribution in [0.5, 0.6) is 0 Å². The number of benzene rings is 3. The lowest BCUT2D eigenvalue weighted by atomic mass is 10.00. The molecular formula is C24H20F3NO2. The maximum atomic E-state index is 12.9. The Hall–Kier alpha value is -3.41. The molecule has 0 aliphatic carbocycles. The van der Waals surface area contributed by atoms with Gasteiger partial charge in [0.05, 0.1) is 17.9 Å². The molecule has 3 aromatic rings. The first-order valence-corrected chi connectivity index (χ1v) is 9.42. The van der Waals surface area contributed by atoms with E-state index in [0.29, 0.717) is 11.3 Å². The molecule has 0 saturated heterocycles. The van der Waals surface area contributed by atoms with Crippen LogP contribution in [-0.2, 0) is 15.7 Å². The van der Waals surface area contributed by atoms with Gasteiger partial charge < -0.3 is 4.74 Å². The van der Waals surface area contributed by atoms with Crippen molar-refractivity contribution < 1.29 is 22.7 Å². The molecule has 0 N–H and O–H groups in total. The van der Waals surface area contributed by atoms with Gasteiger partial charge in [0, 0.05) is 11.1 Å². The molecule has 30 heavy (non-hydrogen) atoms. The molecule has 0 amide bonds. The minimum atomic E-state index is -4.46. The number of carbonyl (C=O) groups is 1. The van der Waals surface area contributed by atoms with Crippen LogP contribution in [0.2, 0.25) is 0 Å². The third kappa shape index (κ3) is 5.14. The normalized spacial score (nSPS) is 12.1. The molecule has 0 fully saturated rings. The highest BCUT2D eigenvalue weighted by Gasteiger charge is 2.31. The summed E-state index contributed by atoms with van der Waals surface area (Å²) in [7, 11) is 0. The Kier molecular flexibility index (Phi) is 6.67. The Morgan fingerprint density at radius 3 is 1.80 bits per heavy atom. The molecule has 1 unspecified atom stereocenters. The van der Waals surface area contributed by atoms with Crippen LogP contribution in [0.25, 0.3) is 0 Å². The SMILES string of the molecule is CCOC(=O)C(N=C(c1ccccc1)c1ccccc1)c1ccc(C(F)(F)F)cc1. The van der Waals surface area contributed by atoms with Gasteiger partial charge in [0.25, 0.3) is 0 Å². The van der Waals surface area contributed by atoms with E-state index >= 15 is 0 Å². The van der Waals surface area contributed by atoms with Crippen molar-refractivity contribution in [1.82, 2.24) is 0 Å². The maximum Gasteiger partial charge on any atom is 0.416 e. The smallest absolute Gasteiger partial charge is 0.416 e. The molecule has 0 aromatic heterocycles. The van der Waals surface area contributed by atoms with Crippen molar-refractivity contribution in [2.45, 2.75) is 19.1 Å². The van der Waals surface area contributed by atoms with E-state index < -0.39 is 23.8 Å². The van der Waals surface area contributed by atoms with E-state index in [2.05, 4.69) is 4.99 Å². The summed E-state index contributed by atoms with van der Waals surface area (Å²) < 4.78 is 44.0. The Morgan fingerprint density at radius 2 is 1.37 bits per heavy atom. The lowest BCUT2D eigenvalue weighted by Crippen LogP contribution is -2.17. The highest BCUT2D eigenvalue weighted by Crippen LogP contribution is 2.31. The van der Waals surface area contributed by atoms with Crippen molar-refractivity contribution in [3.63, 3.8) is 0 Å². The summed E-state index contributed by atoms with van der Waals surface area (Å²) in [6, 6.07) is 21.9. The number of ether oxygens (including phenoxy) is 1. The van der Waals surface area contributed by atoms with Gasteiger partial charge in [-0.05, 0) is 24.6 Å². The minimum Gasteiger partial charge on any atom is -0.464 e. The van der Waals surface area contributed by atoms with Crippen molar-refractivity contribution >= 4 is 11.7 Å². The molecule has 0 spiro atoms. The summed E-state index contributed by atoms with van der Waals surface area (Å²) in [5.74, 6) is -0.623. The Bertz CT molecular complexity index is 957. The highest BCUT2D eigenvalue weighted by atomic mass is 19.4. The summed E-state index contributed by atoms with van der Waals surface area (Å²) in [4.78, 5) is 17.3. The average Bonchev–Trinajstić information content (AvgIpc) is 2.75. The topological polar surface area (TPSA) is 38.7 Å². The van der Waals surface area contributed by atoms with Gasteiger partial charge >= 0.3 is 12.1 Å². The zero-order valence-electron chi connectivity index (χ0n) is 16.3. The van der Waals surface area contributed by atoms with Gasteiger partial charge in [0.15, 0.2) is 6.04 Å². The Morgan fingerprint density at radius 1 is 0.867 bits per heavy atom. The van der Waals surface area contributed by atoms with Gasteiger partial charge in [-0.25, -0.2) is 4.79 Å². The summed E-state index contributed by atoms with van der Waals surface area (Å²) in [5.41, 5.74) is 1.65. The summed E-state index contributed by atoms with van der Waals surface area (Å²) >= 11 is 0. The van der Waals surface area contributed by atoms with E-state index in [-0.39, 0.29) is 6.61 Å². The second-order valence-corrected chi connectivity index (χ2v) is 6.48. The third-order valence-electron chi connectivity index (χ3n) is 4.42. The fourth-order valence-electron chi connectivity index (χ4n) is 2.98. The van der Waals surface area contributed by atoms with E-state index in [9.17, 15) is 18.0 Å². The number of rotatable bonds is 6. The summed E-state index contributed by atoms with van der Waals surface area (Å²) in [5, 5.41) is 0. The molecule has 1 atom stereocenters. The van der Waals surface area contributed by atoms with Crippen LogP contribution >= 0.6 is 0 Å². The van der Waals surface area contributed by atoms with E-state index in [1.165, 1.54) is 12.1 Å². The predicted molar refractivity (Wildman–Crippen MR) is 109 cm³/mol. The van der Waals surface area contributed by atoms with Crippen molar-refractivity contribution in [3.05, 3.63) is 107 Å². The third-order valence-corrected chi connectivity index (χ3v) is 4.42. The quantitative estimate of drug-likeness (QED) is 0.377. The first kappa shape index (κ1) is 21.3. The van der Waals surface area contributed by atoms with Gasteiger partial charge in [-0.2, -0.15) is 13.2 Å². The van der Waals surface area contributed by atoms with Crippen molar-refractivity contribution in [2.24, 2.45) is 4.99 Å². The summed E-state index contributed by atoms with van der Waals surface area (Å²) in [6.07, 6.45) is -4.46. The maximum absolute atomic E-state index is 12.9. The van der Waals surface area contributed by atoms with Crippen LogP contribution in [0, 0.1) is 0 Å². The van der Waals surface area contributed by atoms with Crippen molar-refractivity contribution in [3.8, 4) is 0 Å². The minimum absolute atomic E-state index is 0.136. The number of hydrogen-bond donors (Lipinski definition) is 0. The zero-order chi connectivity index (χ0) is 21.6. The molecule has 0 radical (unpaired) electrons. The number of carbonyl (C=O) groups excluding carboxylic acids is 1. The van der Waals surface area contributed by atoms with Gasteiger partial charge in [-0.15, -0.1) is 0 Å². The molecule has 3 nitrogen and oxygen atoms in total. The number of hydrogen-bond acceptors (Lipinski definition) is 3. The number of alkyl halides is 3. The van der Waals surface area contributed by atoms with Crippen molar-refractivity contribution in [2.75, 3.05) is 6.61 Å². The van der Waals surface area contributed by atoms with Crippen molar-refractivity contribution in [1.29, 1.82) is 0 Å². The van der Waals surface area contributed by atoms with E-state index in [0.717, 1.165) is 23.3 Å². The first-order valence-electron chi connectivity index (χ1n) is 9.42. The van der Waals surface area contributed by atoms with Crippen LogP contribution in [0.15, 0.2) is 89.9 Å². The Labute approximate surface area is 172 Å². The average molecular weight is 411 g/mol. The van der Waals surface area contributed by atoms with Gasteiger partial charge in [-0.3, -0.25) is 4.99 Å². The lowest BCUT2D eigenvalue weighted by molar-refractivity contribution is -0.144. The highest BCUT2D eigenvalue weighted by molar-refractivity contribution is 6.13. The van der Waals surface area contributed by atoms with Crippen LogP contribution < -0.4 is 0 Å².